The summed E-state index contributed by atoms with van der Waals surface area (Å²) in [5, 5.41) is 2.93. The lowest BCUT2D eigenvalue weighted by Crippen LogP contribution is -2.45. The third-order valence-electron chi connectivity index (χ3n) is 2.41. The number of nitrogen functional groups attached to an aromatic ring is 1. The Morgan fingerprint density at radius 2 is 2.05 bits per heavy atom. The first-order valence-corrected chi connectivity index (χ1v) is 5.89. The number of hydrogen-bond acceptors (Lipinski definition) is 7. The average molecular weight is 268 g/mol. The van der Waals surface area contributed by atoms with Crippen molar-refractivity contribution in [3.63, 3.8) is 0 Å². The van der Waals surface area contributed by atoms with E-state index < -0.39 is 11.4 Å². The molecule has 0 radical (unpaired) electrons. The summed E-state index contributed by atoms with van der Waals surface area (Å²) in [6.07, 6.45) is 0. The molecule has 6 N–H and O–H groups in total. The van der Waals surface area contributed by atoms with Gasteiger partial charge in [0.25, 0.3) is 0 Å². The summed E-state index contributed by atoms with van der Waals surface area (Å²) in [6, 6.07) is 1.58. The van der Waals surface area contributed by atoms with Crippen LogP contribution in [0.25, 0.3) is 0 Å². The van der Waals surface area contributed by atoms with E-state index in [-0.39, 0.29) is 6.61 Å². The third-order valence-corrected chi connectivity index (χ3v) is 2.41. The number of nitrogens with zero attached hydrogens (tertiary/aromatic N) is 2. The molecule has 1 aromatic heterocycles. The van der Waals surface area contributed by atoms with Crippen LogP contribution in [0, 0.1) is 0 Å². The van der Waals surface area contributed by atoms with Gasteiger partial charge in [0, 0.05) is 12.7 Å². The fourth-order valence-electron chi connectivity index (χ4n) is 1.27. The van der Waals surface area contributed by atoms with Gasteiger partial charge in [0.05, 0.1) is 0 Å². The van der Waals surface area contributed by atoms with Gasteiger partial charge in [0.1, 0.15) is 23.8 Å². The number of nitrogens with two attached hydrogens (primary N) is 2. The zero-order valence-electron chi connectivity index (χ0n) is 11.4. The Labute approximate surface area is 111 Å². The SMILES string of the molecule is CCOCc1nc(NN)cc(NC(C)(C)C(N)=O)n1. The minimum absolute atomic E-state index is 0.262. The molecule has 0 fully saturated rings. The van der Waals surface area contributed by atoms with Crippen LogP contribution in [0.4, 0.5) is 11.6 Å². The Morgan fingerprint density at radius 1 is 1.42 bits per heavy atom. The van der Waals surface area contributed by atoms with Gasteiger partial charge in [-0.25, -0.2) is 15.8 Å². The molecule has 1 rings (SSSR count). The average Bonchev–Trinajstić information content (AvgIpc) is 2.35. The number of amides is 1. The van der Waals surface area contributed by atoms with Crippen LogP contribution >= 0.6 is 0 Å². The van der Waals surface area contributed by atoms with Gasteiger partial charge in [-0.1, -0.05) is 0 Å². The first-order valence-electron chi connectivity index (χ1n) is 5.89. The van der Waals surface area contributed by atoms with E-state index in [1.165, 1.54) is 0 Å². The summed E-state index contributed by atoms with van der Waals surface area (Å²) in [6.45, 7) is 6.02. The lowest BCUT2D eigenvalue weighted by atomic mass is 10.1. The number of rotatable bonds is 7. The highest BCUT2D eigenvalue weighted by Crippen LogP contribution is 2.16. The highest BCUT2D eigenvalue weighted by Gasteiger charge is 2.25. The maximum absolute atomic E-state index is 11.3. The zero-order valence-corrected chi connectivity index (χ0v) is 11.4. The molecule has 0 bridgehead atoms. The first kappa shape index (κ1) is 15.1. The minimum atomic E-state index is -0.927. The zero-order chi connectivity index (χ0) is 14.5. The Hall–Kier alpha value is -1.93. The van der Waals surface area contributed by atoms with Gasteiger partial charge >= 0.3 is 0 Å². The standard InChI is InChI=1S/C11H20N6O2/c1-4-19-6-9-14-7(5-8(15-9)17-13)16-11(2,3)10(12)18/h5H,4,6,13H2,1-3H3,(H2,12,18)(H2,14,15,16,17). The quantitative estimate of drug-likeness (QED) is 0.404. The number of hydrogen-bond donors (Lipinski definition) is 4. The largest absolute Gasteiger partial charge is 0.374 e. The number of carbonyl (C=O) groups excluding carboxylic acids is 1. The molecule has 0 unspecified atom stereocenters. The fourth-order valence-corrected chi connectivity index (χ4v) is 1.27. The van der Waals surface area contributed by atoms with Crippen LogP contribution in [0.5, 0.6) is 0 Å². The smallest absolute Gasteiger partial charge is 0.242 e. The van der Waals surface area contributed by atoms with Gasteiger partial charge < -0.3 is 21.2 Å². The molecule has 1 aromatic rings. The number of ether oxygens (including phenoxy) is 1. The molecule has 0 saturated carbocycles. The summed E-state index contributed by atoms with van der Waals surface area (Å²) in [5.74, 6) is 6.18. The van der Waals surface area contributed by atoms with Gasteiger partial charge in [-0.15, -0.1) is 0 Å². The van der Waals surface area contributed by atoms with Crippen LogP contribution in [0.3, 0.4) is 0 Å². The fraction of sp³-hybridized carbons (Fsp3) is 0.545. The Morgan fingerprint density at radius 3 is 2.58 bits per heavy atom. The van der Waals surface area contributed by atoms with E-state index in [2.05, 4.69) is 20.7 Å². The van der Waals surface area contributed by atoms with Crippen LogP contribution in [-0.2, 0) is 16.1 Å². The van der Waals surface area contributed by atoms with Gasteiger partial charge in [0.15, 0.2) is 5.82 Å². The molecule has 0 atom stereocenters. The van der Waals surface area contributed by atoms with Crippen LogP contribution in [0.15, 0.2) is 6.07 Å². The summed E-state index contributed by atoms with van der Waals surface area (Å²) in [5.41, 5.74) is 6.81. The Balaban J connectivity index is 2.96. The second kappa shape index (κ2) is 6.30. The minimum Gasteiger partial charge on any atom is -0.374 e. The molecule has 0 saturated heterocycles. The maximum atomic E-state index is 11.3. The molecule has 0 aliphatic carbocycles. The van der Waals surface area contributed by atoms with Crippen molar-refractivity contribution in [3.05, 3.63) is 11.9 Å². The predicted octanol–water partition coefficient (Wildman–Crippen LogP) is -0.0255. The van der Waals surface area contributed by atoms with Crippen molar-refractivity contribution in [3.8, 4) is 0 Å². The van der Waals surface area contributed by atoms with E-state index >= 15 is 0 Å². The van der Waals surface area contributed by atoms with E-state index in [0.29, 0.717) is 24.1 Å². The van der Waals surface area contributed by atoms with Gasteiger partial charge in [-0.05, 0) is 20.8 Å². The summed E-state index contributed by atoms with van der Waals surface area (Å²) >= 11 is 0. The number of primary amides is 1. The second-order valence-corrected chi connectivity index (χ2v) is 4.45. The number of nitrogens with one attached hydrogen (secondary N) is 2. The molecule has 106 valence electrons. The van der Waals surface area contributed by atoms with Crippen LogP contribution in [0.2, 0.25) is 0 Å². The maximum Gasteiger partial charge on any atom is 0.242 e. The monoisotopic (exact) mass is 268 g/mol. The van der Waals surface area contributed by atoms with Crippen LogP contribution < -0.4 is 22.3 Å². The summed E-state index contributed by atoms with van der Waals surface area (Å²) < 4.78 is 5.24. The molecule has 8 nitrogen and oxygen atoms in total. The number of hydrazine groups is 1. The molecule has 0 aliphatic heterocycles. The lowest BCUT2D eigenvalue weighted by Gasteiger charge is -2.23. The topological polar surface area (TPSA) is 128 Å². The molecule has 0 aliphatic rings. The van der Waals surface area contributed by atoms with Crippen molar-refractivity contribution < 1.29 is 9.53 Å². The number of carbonyl (C=O) groups is 1. The van der Waals surface area contributed by atoms with Gasteiger partial charge in [-0.3, -0.25) is 4.79 Å². The van der Waals surface area contributed by atoms with E-state index in [4.69, 9.17) is 16.3 Å². The van der Waals surface area contributed by atoms with Gasteiger partial charge in [0.2, 0.25) is 5.91 Å². The molecule has 19 heavy (non-hydrogen) atoms. The number of aromatic nitrogens is 2. The summed E-state index contributed by atoms with van der Waals surface area (Å²) in [7, 11) is 0. The van der Waals surface area contributed by atoms with Crippen molar-refractivity contribution >= 4 is 17.5 Å². The molecular weight excluding hydrogens is 248 g/mol. The molecule has 1 heterocycles. The Bertz CT molecular complexity index is 449. The molecule has 1 amide bonds. The van der Waals surface area contributed by atoms with Crippen LogP contribution in [0.1, 0.15) is 26.6 Å². The molecule has 0 spiro atoms. The van der Waals surface area contributed by atoms with E-state index in [9.17, 15) is 4.79 Å². The van der Waals surface area contributed by atoms with Crippen molar-refractivity contribution in [2.75, 3.05) is 17.3 Å². The molecule has 8 heteroatoms. The lowest BCUT2D eigenvalue weighted by molar-refractivity contribution is -0.121. The Kier molecular flexibility index (Phi) is 5.02. The predicted molar refractivity (Wildman–Crippen MR) is 72.1 cm³/mol. The molecular formula is C11H20N6O2. The van der Waals surface area contributed by atoms with E-state index in [1.54, 1.807) is 19.9 Å². The normalized spacial score (nSPS) is 11.2. The van der Waals surface area contributed by atoms with Crippen LogP contribution in [-0.4, -0.2) is 28.0 Å². The number of anilines is 2. The second-order valence-electron chi connectivity index (χ2n) is 4.45. The highest BCUT2D eigenvalue weighted by atomic mass is 16.5. The highest BCUT2D eigenvalue weighted by molar-refractivity contribution is 5.86. The first-order chi connectivity index (χ1) is 8.89. The molecule has 0 aromatic carbocycles. The third kappa shape index (κ3) is 4.34. The van der Waals surface area contributed by atoms with Gasteiger partial charge in [-0.2, -0.15) is 0 Å². The van der Waals surface area contributed by atoms with E-state index in [0.717, 1.165) is 0 Å². The van der Waals surface area contributed by atoms with Crippen molar-refractivity contribution in [2.45, 2.75) is 32.9 Å². The van der Waals surface area contributed by atoms with Crippen molar-refractivity contribution in [1.29, 1.82) is 0 Å². The van der Waals surface area contributed by atoms with Crippen molar-refractivity contribution in [1.82, 2.24) is 9.97 Å². The summed E-state index contributed by atoms with van der Waals surface area (Å²) in [4.78, 5) is 19.7. The van der Waals surface area contributed by atoms with E-state index in [1.807, 2.05) is 6.92 Å². The van der Waals surface area contributed by atoms with Crippen molar-refractivity contribution in [2.24, 2.45) is 11.6 Å².